The molecule has 0 fully saturated rings. The van der Waals surface area contributed by atoms with Gasteiger partial charge in [-0.2, -0.15) is 0 Å². The molecule has 6 aromatic carbocycles. The number of nitrogens with one attached hydrogen (secondary N) is 1. The molecule has 3 heteroatoms. The maximum Gasteiger partial charge on any atom is 0.136 e. The number of hydrogen-bond donors (Lipinski definition) is 1. The normalized spacial score (nSPS) is 11.6. The van der Waals surface area contributed by atoms with E-state index in [4.69, 9.17) is 4.42 Å². The van der Waals surface area contributed by atoms with E-state index in [0.29, 0.717) is 0 Å². The third-order valence-corrected chi connectivity index (χ3v) is 8.58. The Kier molecular flexibility index (Phi) is 5.04. The van der Waals surface area contributed by atoms with E-state index >= 15 is 0 Å². The van der Waals surface area contributed by atoms with Crippen molar-refractivity contribution >= 4 is 64.8 Å². The summed E-state index contributed by atoms with van der Waals surface area (Å²) >= 11 is 1.85. The van der Waals surface area contributed by atoms with Crippen LogP contribution in [0, 0.1) is 0 Å². The number of fused-ring (bicyclic) bond motifs is 6. The summed E-state index contributed by atoms with van der Waals surface area (Å²) in [6.45, 7) is 0. The Labute approximate surface area is 229 Å². The number of furan rings is 1. The minimum Gasteiger partial charge on any atom is -0.456 e. The molecular weight excluding hydrogens is 494 g/mol. The van der Waals surface area contributed by atoms with Crippen LogP contribution in [0.5, 0.6) is 0 Å². The van der Waals surface area contributed by atoms with E-state index in [1.807, 2.05) is 11.3 Å². The average Bonchev–Trinajstić information content (AvgIpc) is 3.56. The molecule has 0 amide bonds. The van der Waals surface area contributed by atoms with Gasteiger partial charge in [-0.15, -0.1) is 11.3 Å². The predicted molar refractivity (Wildman–Crippen MR) is 167 cm³/mol. The summed E-state index contributed by atoms with van der Waals surface area (Å²) in [5, 5.41) is 8.53. The first-order valence-corrected chi connectivity index (χ1v) is 13.9. The van der Waals surface area contributed by atoms with Crippen LogP contribution in [0.15, 0.2) is 138 Å². The van der Waals surface area contributed by atoms with E-state index in [1.54, 1.807) is 0 Å². The summed E-state index contributed by atoms with van der Waals surface area (Å²) in [6.07, 6.45) is 0. The third-order valence-electron chi connectivity index (χ3n) is 7.45. The van der Waals surface area contributed by atoms with Gasteiger partial charge < -0.3 is 9.73 Å². The zero-order valence-electron chi connectivity index (χ0n) is 21.0. The Morgan fingerprint density at radius 1 is 0.462 bits per heavy atom. The van der Waals surface area contributed by atoms with Crippen molar-refractivity contribution in [2.75, 3.05) is 5.32 Å². The van der Waals surface area contributed by atoms with Gasteiger partial charge in [0.25, 0.3) is 0 Å². The summed E-state index contributed by atoms with van der Waals surface area (Å²) in [5.41, 5.74) is 8.80. The van der Waals surface area contributed by atoms with Crippen molar-refractivity contribution in [3.63, 3.8) is 0 Å². The van der Waals surface area contributed by atoms with E-state index in [0.717, 1.165) is 33.3 Å². The van der Waals surface area contributed by atoms with E-state index < -0.39 is 0 Å². The van der Waals surface area contributed by atoms with Crippen molar-refractivity contribution in [3.05, 3.63) is 133 Å². The minimum absolute atomic E-state index is 0.894. The fourth-order valence-corrected chi connectivity index (χ4v) is 6.80. The van der Waals surface area contributed by atoms with Gasteiger partial charge in [0.15, 0.2) is 0 Å². The van der Waals surface area contributed by atoms with Gasteiger partial charge in [-0.05, 0) is 70.8 Å². The van der Waals surface area contributed by atoms with Gasteiger partial charge in [-0.3, -0.25) is 0 Å². The molecule has 0 spiro atoms. The second-order valence-electron chi connectivity index (χ2n) is 9.84. The maximum atomic E-state index is 6.24. The van der Waals surface area contributed by atoms with Gasteiger partial charge in [0.05, 0.1) is 0 Å². The molecule has 0 unspecified atom stereocenters. The van der Waals surface area contributed by atoms with Gasteiger partial charge in [-0.1, -0.05) is 84.9 Å². The zero-order valence-corrected chi connectivity index (χ0v) is 21.8. The van der Waals surface area contributed by atoms with E-state index in [1.165, 1.54) is 42.4 Å². The predicted octanol–water partition coefficient (Wildman–Crippen LogP) is 11.0. The first-order chi connectivity index (χ1) is 19.3. The van der Waals surface area contributed by atoms with Crippen LogP contribution in [0.4, 0.5) is 11.4 Å². The molecule has 0 bridgehead atoms. The summed E-state index contributed by atoms with van der Waals surface area (Å²) in [6, 6.07) is 47.1. The van der Waals surface area contributed by atoms with Crippen molar-refractivity contribution in [3.8, 4) is 22.3 Å². The lowest BCUT2D eigenvalue weighted by Crippen LogP contribution is -1.89. The van der Waals surface area contributed by atoms with Gasteiger partial charge in [-0.25, -0.2) is 0 Å². The van der Waals surface area contributed by atoms with Crippen LogP contribution in [-0.4, -0.2) is 0 Å². The summed E-state index contributed by atoms with van der Waals surface area (Å²) in [4.78, 5) is 0. The first-order valence-electron chi connectivity index (χ1n) is 13.1. The second kappa shape index (κ2) is 8.87. The Morgan fingerprint density at radius 2 is 1.10 bits per heavy atom. The van der Waals surface area contributed by atoms with E-state index in [2.05, 4.69) is 139 Å². The number of thiophene rings is 1. The quantitative estimate of drug-likeness (QED) is 0.251. The Bertz CT molecular complexity index is 1980. The second-order valence-corrected chi connectivity index (χ2v) is 10.9. The third kappa shape index (κ3) is 3.70. The fourth-order valence-electron chi connectivity index (χ4n) is 5.69. The van der Waals surface area contributed by atoms with E-state index in [-0.39, 0.29) is 0 Å². The van der Waals surface area contributed by atoms with Crippen molar-refractivity contribution in [1.82, 2.24) is 0 Å². The highest BCUT2D eigenvalue weighted by Crippen LogP contribution is 2.42. The molecule has 0 atom stereocenters. The minimum atomic E-state index is 0.894. The zero-order chi connectivity index (χ0) is 25.8. The number of rotatable bonds is 4. The van der Waals surface area contributed by atoms with Crippen LogP contribution < -0.4 is 5.32 Å². The molecule has 1 N–H and O–H groups in total. The van der Waals surface area contributed by atoms with Crippen molar-refractivity contribution in [1.29, 1.82) is 0 Å². The Morgan fingerprint density at radius 3 is 1.85 bits per heavy atom. The summed E-state index contributed by atoms with van der Waals surface area (Å²) in [5.74, 6) is 0. The van der Waals surface area contributed by atoms with Gasteiger partial charge in [0.2, 0.25) is 0 Å². The molecule has 2 heterocycles. The molecule has 0 saturated heterocycles. The number of benzene rings is 6. The van der Waals surface area contributed by atoms with Crippen LogP contribution in [0.2, 0.25) is 0 Å². The molecule has 39 heavy (non-hydrogen) atoms. The SMILES string of the molecule is c1ccc(-c2cccc3oc4ccc(Nc5ccc6sc7cccc(-c8ccccc8)c7c6c5)cc4c23)cc1. The molecule has 8 aromatic rings. The molecule has 0 saturated carbocycles. The van der Waals surface area contributed by atoms with Crippen LogP contribution in [-0.2, 0) is 0 Å². The molecule has 2 nitrogen and oxygen atoms in total. The highest BCUT2D eigenvalue weighted by molar-refractivity contribution is 7.26. The van der Waals surface area contributed by atoms with Gasteiger partial charge in [0.1, 0.15) is 11.2 Å². The lowest BCUT2D eigenvalue weighted by molar-refractivity contribution is 0.669. The molecule has 0 aliphatic carbocycles. The number of hydrogen-bond acceptors (Lipinski definition) is 3. The van der Waals surface area contributed by atoms with Crippen molar-refractivity contribution < 1.29 is 4.42 Å². The van der Waals surface area contributed by atoms with Crippen molar-refractivity contribution in [2.24, 2.45) is 0 Å². The molecule has 0 aliphatic rings. The van der Waals surface area contributed by atoms with Gasteiger partial charge >= 0.3 is 0 Å². The summed E-state index contributed by atoms with van der Waals surface area (Å²) in [7, 11) is 0. The first kappa shape index (κ1) is 22.2. The largest absolute Gasteiger partial charge is 0.456 e. The smallest absolute Gasteiger partial charge is 0.136 e. The van der Waals surface area contributed by atoms with Crippen LogP contribution in [0.25, 0.3) is 64.4 Å². The van der Waals surface area contributed by atoms with Crippen LogP contribution in [0.1, 0.15) is 0 Å². The van der Waals surface area contributed by atoms with Crippen LogP contribution in [0.3, 0.4) is 0 Å². The molecule has 0 aliphatic heterocycles. The average molecular weight is 518 g/mol. The monoisotopic (exact) mass is 517 g/mol. The number of anilines is 2. The molecule has 8 rings (SSSR count). The molecular formula is C36H23NOS. The topological polar surface area (TPSA) is 25.2 Å². The molecule has 184 valence electrons. The molecule has 2 aromatic heterocycles. The standard InChI is InChI=1S/C36H23NOS/c1-3-9-23(10-4-1)27-13-7-15-32-35(27)29-21-25(17-19-31(29)38-32)37-26-18-20-33-30(22-26)36-28(14-8-16-34(36)39-33)24-11-5-2-6-12-24/h1-22,37H. The fraction of sp³-hybridized carbons (Fsp3) is 0. The highest BCUT2D eigenvalue weighted by atomic mass is 32.1. The van der Waals surface area contributed by atoms with Crippen molar-refractivity contribution in [2.45, 2.75) is 0 Å². The van der Waals surface area contributed by atoms with E-state index in [9.17, 15) is 0 Å². The lowest BCUT2D eigenvalue weighted by Gasteiger charge is -2.09. The maximum absolute atomic E-state index is 6.24. The van der Waals surface area contributed by atoms with Crippen LogP contribution >= 0.6 is 11.3 Å². The Hall–Kier alpha value is -4.86. The molecule has 0 radical (unpaired) electrons. The van der Waals surface area contributed by atoms with Gasteiger partial charge in [0, 0.05) is 42.3 Å². The lowest BCUT2D eigenvalue weighted by atomic mass is 9.99. The highest BCUT2D eigenvalue weighted by Gasteiger charge is 2.14. The summed E-state index contributed by atoms with van der Waals surface area (Å²) < 4.78 is 8.85. The Balaban J connectivity index is 1.25.